The van der Waals surface area contributed by atoms with E-state index in [1.807, 2.05) is 52.1 Å². The molecule has 8 heteroatoms. The lowest BCUT2D eigenvalue weighted by atomic mass is 9.98. The third-order valence-corrected chi connectivity index (χ3v) is 5.44. The number of hydrogen-bond acceptors (Lipinski definition) is 6. The molecule has 8 nitrogen and oxygen atoms in total. The van der Waals surface area contributed by atoms with Crippen molar-refractivity contribution in [1.29, 1.82) is 0 Å². The van der Waals surface area contributed by atoms with Crippen molar-refractivity contribution in [2.75, 3.05) is 19.7 Å². The summed E-state index contributed by atoms with van der Waals surface area (Å²) < 4.78 is 19.5. The van der Waals surface area contributed by atoms with E-state index in [1.165, 1.54) is 0 Å². The Labute approximate surface area is 177 Å². The van der Waals surface area contributed by atoms with Crippen molar-refractivity contribution in [2.45, 2.75) is 71.1 Å². The lowest BCUT2D eigenvalue weighted by Crippen LogP contribution is -2.50. The molecule has 0 spiro atoms. The first-order valence-corrected chi connectivity index (χ1v) is 10.5. The van der Waals surface area contributed by atoms with E-state index < -0.39 is 5.60 Å². The van der Waals surface area contributed by atoms with E-state index in [0.29, 0.717) is 19.7 Å². The van der Waals surface area contributed by atoms with Gasteiger partial charge in [-0.15, -0.1) is 0 Å². The summed E-state index contributed by atoms with van der Waals surface area (Å²) in [6.45, 7) is 13.4. The molecule has 2 fully saturated rings. The topological polar surface area (TPSA) is 80.6 Å². The van der Waals surface area contributed by atoms with Gasteiger partial charge in [0.15, 0.2) is 0 Å². The summed E-state index contributed by atoms with van der Waals surface area (Å²) in [5.74, 6) is 0. The summed E-state index contributed by atoms with van der Waals surface area (Å²) in [4.78, 5) is 18.8. The first kappa shape index (κ1) is 21.1. The van der Waals surface area contributed by atoms with Crippen molar-refractivity contribution >= 4 is 11.7 Å². The predicted octanol–water partition coefficient (Wildman–Crippen LogP) is 2.83. The van der Waals surface area contributed by atoms with Crippen LogP contribution in [-0.4, -0.2) is 64.1 Å². The van der Waals surface area contributed by atoms with Gasteiger partial charge < -0.3 is 23.5 Å². The molecule has 164 valence electrons. The number of imidazole rings is 1. The van der Waals surface area contributed by atoms with Gasteiger partial charge in [-0.1, -0.05) is 6.07 Å². The molecule has 2 unspecified atom stereocenters. The molecule has 2 saturated heterocycles. The van der Waals surface area contributed by atoms with Crippen LogP contribution in [0.25, 0.3) is 5.65 Å². The number of aryl methyl sites for hydroxylation is 1. The van der Waals surface area contributed by atoms with Gasteiger partial charge in [0, 0.05) is 12.7 Å². The van der Waals surface area contributed by atoms with Gasteiger partial charge in [0.1, 0.15) is 29.7 Å². The SMILES string of the molecule is Cc1nc2ccccn2c1C(C)(C)NC1OC1[C@@H]1CN(C(=O)OC(C)(C)C)CCO1. The number of rotatable bonds is 4. The normalized spacial score (nSPS) is 24.9. The molecule has 2 aliphatic heterocycles. The maximum atomic E-state index is 12.4. The number of ether oxygens (including phenoxy) is 3. The molecule has 30 heavy (non-hydrogen) atoms. The lowest BCUT2D eigenvalue weighted by Gasteiger charge is -2.34. The van der Waals surface area contributed by atoms with Gasteiger partial charge in [0.05, 0.1) is 30.1 Å². The molecule has 4 heterocycles. The minimum absolute atomic E-state index is 0.103. The summed E-state index contributed by atoms with van der Waals surface area (Å²) in [5, 5.41) is 3.60. The van der Waals surface area contributed by atoms with E-state index >= 15 is 0 Å². The third-order valence-electron chi connectivity index (χ3n) is 5.44. The van der Waals surface area contributed by atoms with Crippen molar-refractivity contribution in [3.63, 3.8) is 0 Å². The maximum absolute atomic E-state index is 12.4. The van der Waals surface area contributed by atoms with E-state index in [0.717, 1.165) is 17.0 Å². The molecule has 2 aromatic heterocycles. The highest BCUT2D eigenvalue weighted by Gasteiger charge is 2.50. The van der Waals surface area contributed by atoms with Crippen LogP contribution in [0.2, 0.25) is 0 Å². The van der Waals surface area contributed by atoms with Crippen LogP contribution in [0.3, 0.4) is 0 Å². The van der Waals surface area contributed by atoms with Crippen LogP contribution < -0.4 is 5.32 Å². The van der Waals surface area contributed by atoms with Crippen LogP contribution in [0.4, 0.5) is 4.79 Å². The Morgan fingerprint density at radius 3 is 2.77 bits per heavy atom. The molecule has 4 rings (SSSR count). The summed E-state index contributed by atoms with van der Waals surface area (Å²) in [6.07, 6.45) is 1.30. The van der Waals surface area contributed by atoms with Crippen LogP contribution in [0, 0.1) is 6.92 Å². The average molecular weight is 417 g/mol. The molecule has 2 aromatic rings. The Kier molecular flexibility index (Phi) is 5.28. The van der Waals surface area contributed by atoms with Crippen molar-refractivity contribution in [2.24, 2.45) is 0 Å². The number of nitrogens with one attached hydrogen (secondary N) is 1. The van der Waals surface area contributed by atoms with Gasteiger partial charge >= 0.3 is 6.09 Å². The van der Waals surface area contributed by atoms with Gasteiger partial charge in [-0.25, -0.2) is 9.78 Å². The largest absolute Gasteiger partial charge is 0.444 e. The van der Waals surface area contributed by atoms with Crippen molar-refractivity contribution < 1.29 is 19.0 Å². The van der Waals surface area contributed by atoms with Crippen LogP contribution >= 0.6 is 0 Å². The molecule has 0 aliphatic carbocycles. The van der Waals surface area contributed by atoms with Gasteiger partial charge in [0.25, 0.3) is 0 Å². The number of aromatic nitrogens is 2. The summed E-state index contributed by atoms with van der Waals surface area (Å²) >= 11 is 0. The molecule has 3 atom stereocenters. The van der Waals surface area contributed by atoms with Crippen LogP contribution in [-0.2, 0) is 19.7 Å². The van der Waals surface area contributed by atoms with E-state index in [2.05, 4.69) is 28.5 Å². The lowest BCUT2D eigenvalue weighted by molar-refractivity contribution is -0.0505. The van der Waals surface area contributed by atoms with E-state index in [-0.39, 0.29) is 30.1 Å². The number of carbonyl (C=O) groups excluding carboxylic acids is 1. The van der Waals surface area contributed by atoms with Crippen LogP contribution in [0.15, 0.2) is 24.4 Å². The molecule has 0 saturated carbocycles. The van der Waals surface area contributed by atoms with E-state index in [1.54, 1.807) is 4.90 Å². The Bertz CT molecular complexity index is 933. The highest BCUT2D eigenvalue weighted by molar-refractivity contribution is 5.68. The van der Waals surface area contributed by atoms with Gasteiger partial charge in [-0.05, 0) is 53.7 Å². The Hall–Kier alpha value is -2.16. The fourth-order valence-corrected chi connectivity index (χ4v) is 4.18. The standard InChI is InChI=1S/C22H32N4O4/c1-14-18(26-10-8-7-9-16(26)23-14)22(5,6)24-19-17(29-19)15-13-25(11-12-28-15)20(27)30-21(2,3)4/h7-10,15,17,19,24H,11-13H2,1-6H3/t15-,17?,19?/m0/s1. The van der Waals surface area contributed by atoms with E-state index in [4.69, 9.17) is 14.2 Å². The second-order valence-corrected chi connectivity index (χ2v) is 9.60. The molecule has 1 amide bonds. The second-order valence-electron chi connectivity index (χ2n) is 9.60. The number of epoxide rings is 1. The highest BCUT2D eigenvalue weighted by Crippen LogP contribution is 2.33. The minimum Gasteiger partial charge on any atom is -0.444 e. The zero-order chi connectivity index (χ0) is 21.7. The molecule has 0 radical (unpaired) electrons. The fourth-order valence-electron chi connectivity index (χ4n) is 4.18. The van der Waals surface area contributed by atoms with E-state index in [9.17, 15) is 4.79 Å². The van der Waals surface area contributed by atoms with Crippen LogP contribution in [0.1, 0.15) is 46.0 Å². The monoisotopic (exact) mass is 416 g/mol. The number of carbonyl (C=O) groups is 1. The molecular formula is C22H32N4O4. The van der Waals surface area contributed by atoms with Gasteiger partial charge in [0.2, 0.25) is 0 Å². The molecule has 0 bridgehead atoms. The maximum Gasteiger partial charge on any atom is 0.410 e. The summed E-state index contributed by atoms with van der Waals surface area (Å²) in [6, 6.07) is 6.00. The molecule has 1 N–H and O–H groups in total. The minimum atomic E-state index is -0.513. The Morgan fingerprint density at radius 2 is 2.03 bits per heavy atom. The first-order chi connectivity index (χ1) is 14.0. The predicted molar refractivity (Wildman–Crippen MR) is 112 cm³/mol. The summed E-state index contributed by atoms with van der Waals surface area (Å²) in [7, 11) is 0. The summed E-state index contributed by atoms with van der Waals surface area (Å²) in [5.41, 5.74) is 2.15. The van der Waals surface area contributed by atoms with Gasteiger partial charge in [-0.3, -0.25) is 5.32 Å². The molecule has 0 aromatic carbocycles. The third kappa shape index (κ3) is 4.31. The Balaban J connectivity index is 1.40. The molecule has 2 aliphatic rings. The van der Waals surface area contributed by atoms with Gasteiger partial charge in [-0.2, -0.15) is 0 Å². The first-order valence-electron chi connectivity index (χ1n) is 10.5. The van der Waals surface area contributed by atoms with Crippen molar-refractivity contribution in [3.8, 4) is 0 Å². The Morgan fingerprint density at radius 1 is 1.27 bits per heavy atom. The zero-order valence-corrected chi connectivity index (χ0v) is 18.6. The van der Waals surface area contributed by atoms with Crippen molar-refractivity contribution in [1.82, 2.24) is 19.6 Å². The number of hydrogen-bond donors (Lipinski definition) is 1. The second kappa shape index (κ2) is 7.51. The number of fused-ring (bicyclic) bond motifs is 1. The smallest absolute Gasteiger partial charge is 0.410 e. The van der Waals surface area contributed by atoms with Crippen molar-refractivity contribution in [3.05, 3.63) is 35.8 Å². The number of morpholine rings is 1. The fraction of sp³-hybridized carbons (Fsp3) is 0.636. The van der Waals surface area contributed by atoms with Crippen LogP contribution in [0.5, 0.6) is 0 Å². The zero-order valence-electron chi connectivity index (χ0n) is 18.6. The number of nitrogens with zero attached hydrogens (tertiary/aromatic N) is 3. The number of amides is 1. The highest BCUT2D eigenvalue weighted by atomic mass is 16.6. The quantitative estimate of drug-likeness (QED) is 0.772. The average Bonchev–Trinajstić information content (AvgIpc) is 3.30. The number of pyridine rings is 1. The molecular weight excluding hydrogens is 384 g/mol.